The Morgan fingerprint density at radius 3 is 2.95 bits per heavy atom. The smallest absolute Gasteiger partial charge is 0.250 e. The molecule has 1 heterocycles. The van der Waals surface area contributed by atoms with E-state index in [2.05, 4.69) is 15.3 Å². The van der Waals surface area contributed by atoms with Gasteiger partial charge in [0.05, 0.1) is 5.56 Å². The number of carbonyl (C=O) groups is 1. The molecule has 6 nitrogen and oxygen atoms in total. The lowest BCUT2D eigenvalue weighted by Gasteiger charge is -2.10. The molecular formula is C13H17N5O. The summed E-state index contributed by atoms with van der Waals surface area (Å²) in [5.74, 6) is 0.484. The number of anilines is 2. The average molecular weight is 259 g/mol. The first-order chi connectivity index (χ1) is 9.16. The molecule has 2 rings (SSSR count). The Hall–Kier alpha value is -2.50. The monoisotopic (exact) mass is 259 g/mol. The Balaban J connectivity index is 1.91. The summed E-state index contributed by atoms with van der Waals surface area (Å²) < 4.78 is 0. The van der Waals surface area contributed by atoms with Crippen molar-refractivity contribution in [3.05, 3.63) is 42.0 Å². The zero-order chi connectivity index (χ0) is 13.7. The van der Waals surface area contributed by atoms with Gasteiger partial charge in [0.15, 0.2) is 0 Å². The van der Waals surface area contributed by atoms with E-state index in [1.807, 2.05) is 0 Å². The average Bonchev–Trinajstić information content (AvgIpc) is 2.87. The molecule has 1 aromatic heterocycles. The number of hydrogen-bond donors (Lipinski definition) is 4. The van der Waals surface area contributed by atoms with Crippen molar-refractivity contribution < 1.29 is 4.79 Å². The summed E-state index contributed by atoms with van der Waals surface area (Å²) in [7, 11) is 0. The van der Waals surface area contributed by atoms with Crippen LogP contribution in [0.4, 0.5) is 11.4 Å². The number of benzene rings is 1. The van der Waals surface area contributed by atoms with Crippen LogP contribution >= 0.6 is 0 Å². The maximum Gasteiger partial charge on any atom is 0.250 e. The third-order valence-electron chi connectivity index (χ3n) is 2.77. The van der Waals surface area contributed by atoms with Gasteiger partial charge in [0.2, 0.25) is 0 Å². The second kappa shape index (κ2) is 5.90. The molecule has 1 amide bonds. The van der Waals surface area contributed by atoms with Gasteiger partial charge < -0.3 is 21.8 Å². The van der Waals surface area contributed by atoms with E-state index in [9.17, 15) is 4.79 Å². The molecule has 6 N–H and O–H groups in total. The second-order valence-corrected chi connectivity index (χ2v) is 4.24. The lowest BCUT2D eigenvalue weighted by Crippen LogP contribution is -2.15. The minimum atomic E-state index is -0.464. The van der Waals surface area contributed by atoms with Crippen molar-refractivity contribution in [3.63, 3.8) is 0 Å². The number of nitrogens with zero attached hydrogens (tertiary/aromatic N) is 1. The number of amides is 1. The van der Waals surface area contributed by atoms with Gasteiger partial charge in [0.25, 0.3) is 5.91 Å². The normalized spacial score (nSPS) is 10.3. The van der Waals surface area contributed by atoms with E-state index in [4.69, 9.17) is 11.5 Å². The van der Waals surface area contributed by atoms with Gasteiger partial charge in [-0.2, -0.15) is 0 Å². The van der Waals surface area contributed by atoms with Crippen molar-refractivity contribution in [1.82, 2.24) is 9.97 Å². The highest BCUT2D eigenvalue weighted by Crippen LogP contribution is 2.18. The molecule has 0 fully saturated rings. The van der Waals surface area contributed by atoms with Crippen LogP contribution in [-0.2, 0) is 6.42 Å². The van der Waals surface area contributed by atoms with Crippen LogP contribution < -0.4 is 16.8 Å². The summed E-state index contributed by atoms with van der Waals surface area (Å²) in [5.41, 5.74) is 12.7. The Kier molecular flexibility index (Phi) is 4.02. The number of nitrogen functional groups attached to an aromatic ring is 1. The first-order valence-electron chi connectivity index (χ1n) is 6.08. The number of H-pyrrole nitrogens is 1. The predicted octanol–water partition coefficient (Wildman–Crippen LogP) is 1.14. The van der Waals surface area contributed by atoms with E-state index in [0.29, 0.717) is 23.5 Å². The van der Waals surface area contributed by atoms with E-state index in [1.54, 1.807) is 30.6 Å². The predicted molar refractivity (Wildman–Crippen MR) is 74.8 cm³/mol. The molecule has 2 aromatic rings. The molecule has 0 saturated carbocycles. The molecule has 6 heteroatoms. The van der Waals surface area contributed by atoms with Crippen LogP contribution in [0.15, 0.2) is 30.6 Å². The number of hydrogen-bond acceptors (Lipinski definition) is 4. The summed E-state index contributed by atoms with van der Waals surface area (Å²) >= 11 is 0. The van der Waals surface area contributed by atoms with Gasteiger partial charge in [-0.1, -0.05) is 0 Å². The first kappa shape index (κ1) is 12.9. The molecule has 0 bridgehead atoms. The Labute approximate surface area is 111 Å². The fourth-order valence-electron chi connectivity index (χ4n) is 1.84. The van der Waals surface area contributed by atoms with Crippen molar-refractivity contribution in [2.24, 2.45) is 5.73 Å². The molecular weight excluding hydrogens is 242 g/mol. The van der Waals surface area contributed by atoms with Gasteiger partial charge in [-0.3, -0.25) is 4.79 Å². The number of nitrogens with two attached hydrogens (primary N) is 2. The fourth-order valence-corrected chi connectivity index (χ4v) is 1.84. The minimum absolute atomic E-state index is 0.451. The SMILES string of the molecule is NC(=O)c1ccc(N)cc1NCCCc1ncc[nH]1. The molecule has 0 spiro atoms. The molecule has 0 saturated heterocycles. The van der Waals surface area contributed by atoms with Crippen molar-refractivity contribution in [1.29, 1.82) is 0 Å². The Bertz CT molecular complexity index is 550. The number of aryl methyl sites for hydroxylation is 1. The Morgan fingerprint density at radius 2 is 2.26 bits per heavy atom. The van der Waals surface area contributed by atoms with Crippen molar-refractivity contribution in [3.8, 4) is 0 Å². The highest BCUT2D eigenvalue weighted by Gasteiger charge is 2.07. The van der Waals surface area contributed by atoms with E-state index in [0.717, 1.165) is 18.7 Å². The molecule has 0 radical (unpaired) electrons. The zero-order valence-electron chi connectivity index (χ0n) is 10.5. The van der Waals surface area contributed by atoms with Crippen molar-refractivity contribution >= 4 is 17.3 Å². The molecule has 0 unspecified atom stereocenters. The van der Waals surface area contributed by atoms with Gasteiger partial charge >= 0.3 is 0 Å². The number of primary amides is 1. The standard InChI is InChI=1S/C13H17N5O/c14-9-3-4-10(13(15)19)11(8-9)16-5-1-2-12-17-6-7-18-12/h3-4,6-8,16H,1-2,5,14H2,(H2,15,19)(H,17,18). The zero-order valence-corrected chi connectivity index (χ0v) is 10.5. The van der Waals surface area contributed by atoms with Crippen LogP contribution in [0.1, 0.15) is 22.6 Å². The molecule has 0 aliphatic heterocycles. The minimum Gasteiger partial charge on any atom is -0.399 e. The second-order valence-electron chi connectivity index (χ2n) is 4.24. The summed E-state index contributed by atoms with van der Waals surface area (Å²) in [5, 5.41) is 3.18. The maximum atomic E-state index is 11.3. The van der Waals surface area contributed by atoms with Gasteiger partial charge in [-0.25, -0.2) is 4.98 Å². The summed E-state index contributed by atoms with van der Waals surface area (Å²) in [6, 6.07) is 5.01. The third kappa shape index (κ3) is 3.48. The highest BCUT2D eigenvalue weighted by molar-refractivity contribution is 5.99. The molecule has 0 atom stereocenters. The first-order valence-corrected chi connectivity index (χ1v) is 6.08. The topological polar surface area (TPSA) is 110 Å². The van der Waals surface area contributed by atoms with E-state index >= 15 is 0 Å². The van der Waals surface area contributed by atoms with Crippen LogP contribution in [0.2, 0.25) is 0 Å². The summed E-state index contributed by atoms with van der Waals surface area (Å²) in [6.45, 7) is 0.713. The van der Waals surface area contributed by atoms with Gasteiger partial charge in [0, 0.05) is 36.7 Å². The van der Waals surface area contributed by atoms with Gasteiger partial charge in [-0.05, 0) is 24.6 Å². The Morgan fingerprint density at radius 1 is 1.42 bits per heavy atom. The number of nitrogens with one attached hydrogen (secondary N) is 2. The number of aromatic amines is 1. The molecule has 0 aliphatic rings. The van der Waals surface area contributed by atoms with Crippen LogP contribution in [-0.4, -0.2) is 22.4 Å². The van der Waals surface area contributed by atoms with E-state index < -0.39 is 5.91 Å². The number of imidazole rings is 1. The van der Waals surface area contributed by atoms with Crippen LogP contribution in [0.5, 0.6) is 0 Å². The molecule has 19 heavy (non-hydrogen) atoms. The third-order valence-corrected chi connectivity index (χ3v) is 2.77. The summed E-state index contributed by atoms with van der Waals surface area (Å²) in [6.07, 6.45) is 5.26. The van der Waals surface area contributed by atoms with Gasteiger partial charge in [0.1, 0.15) is 5.82 Å². The fraction of sp³-hybridized carbons (Fsp3) is 0.231. The maximum absolute atomic E-state index is 11.3. The van der Waals surface area contributed by atoms with Crippen LogP contribution in [0, 0.1) is 0 Å². The quantitative estimate of drug-likeness (QED) is 0.460. The molecule has 100 valence electrons. The van der Waals surface area contributed by atoms with Crippen LogP contribution in [0.25, 0.3) is 0 Å². The van der Waals surface area contributed by atoms with Crippen molar-refractivity contribution in [2.75, 3.05) is 17.6 Å². The van der Waals surface area contributed by atoms with E-state index in [-0.39, 0.29) is 0 Å². The molecule has 0 aliphatic carbocycles. The number of aromatic nitrogens is 2. The lowest BCUT2D eigenvalue weighted by atomic mass is 10.1. The number of rotatable bonds is 6. The van der Waals surface area contributed by atoms with Gasteiger partial charge in [-0.15, -0.1) is 0 Å². The van der Waals surface area contributed by atoms with Crippen molar-refractivity contribution in [2.45, 2.75) is 12.8 Å². The van der Waals surface area contributed by atoms with Crippen LogP contribution in [0.3, 0.4) is 0 Å². The van der Waals surface area contributed by atoms with E-state index in [1.165, 1.54) is 0 Å². The summed E-state index contributed by atoms with van der Waals surface area (Å²) in [4.78, 5) is 18.5. The highest BCUT2D eigenvalue weighted by atomic mass is 16.1. The number of carbonyl (C=O) groups excluding carboxylic acids is 1. The largest absolute Gasteiger partial charge is 0.399 e. The molecule has 1 aromatic carbocycles. The lowest BCUT2D eigenvalue weighted by molar-refractivity contribution is 0.100.